The van der Waals surface area contributed by atoms with Crippen LogP contribution in [0.4, 0.5) is 5.69 Å². The highest BCUT2D eigenvalue weighted by molar-refractivity contribution is 6.03. The van der Waals surface area contributed by atoms with Crippen LogP contribution in [0.25, 0.3) is 0 Å². The lowest BCUT2D eigenvalue weighted by molar-refractivity contribution is 0.0993. The Morgan fingerprint density at radius 2 is 1.55 bits per heavy atom. The molecule has 112 valence electrons. The van der Waals surface area contributed by atoms with Gasteiger partial charge in [0.05, 0.1) is 5.69 Å². The number of guanidine groups is 2. The van der Waals surface area contributed by atoms with Crippen molar-refractivity contribution in [2.75, 3.05) is 0 Å². The Morgan fingerprint density at radius 1 is 0.909 bits per heavy atom. The van der Waals surface area contributed by atoms with Gasteiger partial charge in [0.1, 0.15) is 0 Å². The van der Waals surface area contributed by atoms with Gasteiger partial charge in [-0.2, -0.15) is 4.99 Å². The third-order valence-corrected chi connectivity index (χ3v) is 2.89. The molecule has 0 atom stereocenters. The molecule has 0 bridgehead atoms. The monoisotopic (exact) mass is 295 g/mol. The van der Waals surface area contributed by atoms with E-state index >= 15 is 0 Å². The van der Waals surface area contributed by atoms with Crippen LogP contribution in [0.1, 0.15) is 15.9 Å². The molecule has 0 saturated heterocycles. The second-order valence-corrected chi connectivity index (χ2v) is 4.61. The molecule has 0 unspecified atom stereocenters. The van der Waals surface area contributed by atoms with Crippen LogP contribution in [0, 0.1) is 0 Å². The lowest BCUT2D eigenvalue weighted by Crippen LogP contribution is -2.26. The third kappa shape index (κ3) is 4.17. The first-order valence-electron chi connectivity index (χ1n) is 6.66. The second-order valence-electron chi connectivity index (χ2n) is 4.61. The van der Waals surface area contributed by atoms with E-state index in [1.165, 1.54) is 0 Å². The maximum Gasteiger partial charge on any atom is 0.223 e. The minimum Gasteiger partial charge on any atom is -0.370 e. The highest BCUT2D eigenvalue weighted by atomic mass is 16.1. The molecule has 2 rings (SSSR count). The van der Waals surface area contributed by atoms with Crippen LogP contribution in [-0.2, 0) is 6.42 Å². The first-order valence-corrected chi connectivity index (χ1v) is 6.66. The van der Waals surface area contributed by atoms with Crippen LogP contribution in [0.2, 0.25) is 0 Å². The van der Waals surface area contributed by atoms with Gasteiger partial charge in [0.2, 0.25) is 5.96 Å². The fourth-order valence-electron chi connectivity index (χ4n) is 1.96. The molecule has 0 fully saturated rings. The number of nitrogens with zero attached hydrogens (tertiary/aromatic N) is 2. The lowest BCUT2D eigenvalue weighted by atomic mass is 10.0. The molecular weight excluding hydrogens is 278 g/mol. The normalized spacial score (nSPS) is 11.0. The summed E-state index contributed by atoms with van der Waals surface area (Å²) in [5, 5.41) is 0. The zero-order valence-corrected chi connectivity index (χ0v) is 11.9. The van der Waals surface area contributed by atoms with Gasteiger partial charge in [-0.25, -0.2) is 4.99 Å². The van der Waals surface area contributed by atoms with Crippen molar-refractivity contribution in [3.63, 3.8) is 0 Å². The van der Waals surface area contributed by atoms with Crippen molar-refractivity contribution in [1.82, 2.24) is 0 Å². The van der Waals surface area contributed by atoms with Gasteiger partial charge in [0.15, 0.2) is 11.7 Å². The quantitative estimate of drug-likeness (QED) is 0.447. The van der Waals surface area contributed by atoms with Gasteiger partial charge in [0, 0.05) is 12.0 Å². The van der Waals surface area contributed by atoms with E-state index in [1.807, 2.05) is 30.3 Å². The van der Waals surface area contributed by atoms with E-state index in [-0.39, 0.29) is 24.1 Å². The summed E-state index contributed by atoms with van der Waals surface area (Å²) in [5.74, 6) is -0.336. The summed E-state index contributed by atoms with van der Waals surface area (Å²) in [6.07, 6.45) is 0.287. The zero-order valence-electron chi connectivity index (χ0n) is 11.9. The number of ketones is 1. The smallest absolute Gasteiger partial charge is 0.223 e. The van der Waals surface area contributed by atoms with Crippen molar-refractivity contribution < 1.29 is 4.79 Å². The molecule has 0 aromatic heterocycles. The average molecular weight is 295 g/mol. The standard InChI is InChI=1S/C16H17N5O/c17-15(18)21-16(19)20-13-9-5-4-8-12(13)14(22)10-11-6-2-1-3-7-11/h1-9H,10H2,(H6,17,18,19,20,21). The Labute approximate surface area is 128 Å². The van der Waals surface area contributed by atoms with Crippen LogP contribution in [0.3, 0.4) is 0 Å². The summed E-state index contributed by atoms with van der Waals surface area (Å²) in [7, 11) is 0. The summed E-state index contributed by atoms with van der Waals surface area (Å²) in [6.45, 7) is 0. The van der Waals surface area contributed by atoms with E-state index in [1.54, 1.807) is 24.3 Å². The van der Waals surface area contributed by atoms with Gasteiger partial charge in [-0.3, -0.25) is 4.79 Å². The molecule has 2 aromatic carbocycles. The van der Waals surface area contributed by atoms with Crippen molar-refractivity contribution in [3.05, 3.63) is 65.7 Å². The highest BCUT2D eigenvalue weighted by Gasteiger charge is 2.11. The van der Waals surface area contributed by atoms with Crippen LogP contribution in [0.15, 0.2) is 64.6 Å². The SMILES string of the molecule is NC(N)=NC(N)=Nc1ccccc1C(=O)Cc1ccccc1. The Hall–Kier alpha value is -3.15. The Bertz CT molecular complexity index is 718. The van der Waals surface area contributed by atoms with Crippen molar-refractivity contribution in [2.24, 2.45) is 27.2 Å². The van der Waals surface area contributed by atoms with E-state index in [4.69, 9.17) is 17.2 Å². The number of para-hydroxylation sites is 1. The number of carbonyl (C=O) groups is 1. The number of hydrogen-bond acceptors (Lipinski definition) is 2. The molecule has 22 heavy (non-hydrogen) atoms. The number of rotatable bonds is 4. The lowest BCUT2D eigenvalue weighted by Gasteiger charge is -2.05. The molecule has 0 saturated carbocycles. The second kappa shape index (κ2) is 7.03. The van der Waals surface area contributed by atoms with Crippen molar-refractivity contribution >= 4 is 23.4 Å². The molecule has 0 spiro atoms. The predicted octanol–water partition coefficient (Wildman–Crippen LogP) is 1.33. The van der Waals surface area contributed by atoms with Gasteiger partial charge >= 0.3 is 0 Å². The third-order valence-electron chi connectivity index (χ3n) is 2.89. The van der Waals surface area contributed by atoms with Crippen LogP contribution < -0.4 is 17.2 Å². The first-order chi connectivity index (χ1) is 10.6. The summed E-state index contributed by atoms with van der Waals surface area (Å²) >= 11 is 0. The molecule has 0 heterocycles. The van der Waals surface area contributed by atoms with E-state index in [0.29, 0.717) is 11.3 Å². The van der Waals surface area contributed by atoms with Gasteiger partial charge in [0.25, 0.3) is 0 Å². The molecule has 2 aromatic rings. The van der Waals surface area contributed by atoms with Crippen molar-refractivity contribution in [2.45, 2.75) is 6.42 Å². The summed E-state index contributed by atoms with van der Waals surface area (Å²) in [6, 6.07) is 16.4. The van der Waals surface area contributed by atoms with E-state index in [0.717, 1.165) is 5.56 Å². The van der Waals surface area contributed by atoms with Crippen LogP contribution >= 0.6 is 0 Å². The summed E-state index contributed by atoms with van der Waals surface area (Å²) in [4.78, 5) is 20.2. The first kappa shape index (κ1) is 15.2. The molecular formula is C16H17N5O. The minimum atomic E-state index is -0.186. The summed E-state index contributed by atoms with van der Waals surface area (Å²) < 4.78 is 0. The largest absolute Gasteiger partial charge is 0.370 e. The average Bonchev–Trinajstić information content (AvgIpc) is 2.47. The van der Waals surface area contributed by atoms with Gasteiger partial charge in [-0.15, -0.1) is 0 Å². The molecule has 6 N–H and O–H groups in total. The van der Waals surface area contributed by atoms with E-state index in [2.05, 4.69) is 9.98 Å². The number of aliphatic imine (C=N–C) groups is 2. The molecule has 6 heteroatoms. The number of carbonyl (C=O) groups excluding carboxylic acids is 1. The van der Waals surface area contributed by atoms with Crippen LogP contribution in [-0.4, -0.2) is 17.7 Å². The predicted molar refractivity (Wildman–Crippen MR) is 88.0 cm³/mol. The maximum atomic E-state index is 12.4. The molecule has 0 amide bonds. The van der Waals surface area contributed by atoms with Crippen molar-refractivity contribution in [1.29, 1.82) is 0 Å². The molecule has 0 aliphatic rings. The zero-order chi connectivity index (χ0) is 15.9. The molecule has 0 aliphatic heterocycles. The Balaban J connectivity index is 2.28. The molecule has 6 nitrogen and oxygen atoms in total. The van der Waals surface area contributed by atoms with Gasteiger partial charge in [-0.1, -0.05) is 42.5 Å². The van der Waals surface area contributed by atoms with Crippen LogP contribution in [0.5, 0.6) is 0 Å². The topological polar surface area (TPSA) is 120 Å². The highest BCUT2D eigenvalue weighted by Crippen LogP contribution is 2.20. The number of hydrogen-bond donors (Lipinski definition) is 3. The maximum absolute atomic E-state index is 12.4. The van der Waals surface area contributed by atoms with Crippen molar-refractivity contribution in [3.8, 4) is 0 Å². The number of nitrogens with two attached hydrogens (primary N) is 3. The molecule has 0 aliphatic carbocycles. The van der Waals surface area contributed by atoms with Gasteiger partial charge < -0.3 is 17.2 Å². The van der Waals surface area contributed by atoms with E-state index < -0.39 is 0 Å². The van der Waals surface area contributed by atoms with E-state index in [9.17, 15) is 4.79 Å². The summed E-state index contributed by atoms with van der Waals surface area (Å²) in [5.41, 5.74) is 18.0. The fraction of sp³-hybridized carbons (Fsp3) is 0.0625. The Kier molecular flexibility index (Phi) is 4.87. The fourth-order valence-corrected chi connectivity index (χ4v) is 1.96. The molecule has 0 radical (unpaired) electrons. The minimum absolute atomic E-state index is 0.0527. The number of Topliss-reactive ketones (excluding diaryl/α,β-unsaturated/α-hetero) is 1. The number of benzene rings is 2. The Morgan fingerprint density at radius 3 is 2.23 bits per heavy atom. The van der Waals surface area contributed by atoms with Gasteiger partial charge in [-0.05, 0) is 17.7 Å².